The van der Waals surface area contributed by atoms with Gasteiger partial charge in [-0.2, -0.15) is 8.61 Å². The van der Waals surface area contributed by atoms with Gasteiger partial charge in [-0.05, 0) is 81.0 Å². The van der Waals surface area contributed by atoms with E-state index in [9.17, 15) is 16.8 Å². The third kappa shape index (κ3) is 3.93. The first-order chi connectivity index (χ1) is 13.9. The van der Waals surface area contributed by atoms with Crippen LogP contribution in [0.4, 0.5) is 0 Å². The van der Waals surface area contributed by atoms with Gasteiger partial charge in [0, 0.05) is 26.2 Å². The van der Waals surface area contributed by atoms with Crippen LogP contribution in [0.2, 0.25) is 0 Å². The van der Waals surface area contributed by atoms with Crippen molar-refractivity contribution in [2.45, 2.75) is 51.3 Å². The quantitative estimate of drug-likeness (QED) is 0.717. The summed E-state index contributed by atoms with van der Waals surface area (Å²) in [6.45, 7) is 11.7. The highest BCUT2D eigenvalue weighted by Crippen LogP contribution is 2.30. The van der Waals surface area contributed by atoms with Crippen molar-refractivity contribution in [2.75, 3.05) is 26.2 Å². The molecule has 6 nitrogen and oxygen atoms in total. The lowest BCUT2D eigenvalue weighted by Crippen LogP contribution is -2.50. The predicted octanol–water partition coefficient (Wildman–Crippen LogP) is 3.23. The predicted molar refractivity (Wildman–Crippen MR) is 119 cm³/mol. The minimum absolute atomic E-state index is 0.137. The van der Waals surface area contributed by atoms with Crippen LogP contribution >= 0.6 is 0 Å². The van der Waals surface area contributed by atoms with E-state index in [1.165, 1.54) is 8.61 Å². The van der Waals surface area contributed by atoms with Crippen LogP contribution < -0.4 is 0 Å². The third-order valence-electron chi connectivity index (χ3n) is 6.05. The highest BCUT2D eigenvalue weighted by molar-refractivity contribution is 7.89. The van der Waals surface area contributed by atoms with Crippen molar-refractivity contribution in [3.63, 3.8) is 0 Å². The van der Waals surface area contributed by atoms with Crippen molar-refractivity contribution in [2.24, 2.45) is 0 Å². The Hall–Kier alpha value is -1.74. The van der Waals surface area contributed by atoms with Gasteiger partial charge < -0.3 is 0 Å². The summed E-state index contributed by atoms with van der Waals surface area (Å²) in [5.74, 6) is 0. The fourth-order valence-corrected chi connectivity index (χ4v) is 7.70. The largest absolute Gasteiger partial charge is 0.243 e. The van der Waals surface area contributed by atoms with Crippen molar-refractivity contribution in [1.29, 1.82) is 0 Å². The van der Waals surface area contributed by atoms with Crippen LogP contribution in [0, 0.1) is 41.5 Å². The Bertz CT molecular complexity index is 1170. The molecule has 164 valence electrons. The van der Waals surface area contributed by atoms with E-state index in [1.54, 1.807) is 19.1 Å². The first-order valence-corrected chi connectivity index (χ1v) is 12.9. The molecule has 0 amide bonds. The number of benzene rings is 2. The minimum atomic E-state index is -3.70. The molecule has 2 aromatic carbocycles. The zero-order valence-corrected chi connectivity index (χ0v) is 20.1. The van der Waals surface area contributed by atoms with Gasteiger partial charge in [0.05, 0.1) is 9.79 Å². The smallest absolute Gasteiger partial charge is 0.207 e. The first-order valence-electron chi connectivity index (χ1n) is 10.0. The molecule has 2 aromatic rings. The third-order valence-corrected chi connectivity index (χ3v) is 10.3. The number of sulfonamides is 2. The maximum atomic E-state index is 13.4. The van der Waals surface area contributed by atoms with Gasteiger partial charge in [0.15, 0.2) is 0 Å². The van der Waals surface area contributed by atoms with Crippen LogP contribution in [0.5, 0.6) is 0 Å². The fourth-order valence-electron chi connectivity index (χ4n) is 3.97. The van der Waals surface area contributed by atoms with Gasteiger partial charge in [0.1, 0.15) is 0 Å². The molecule has 0 bridgehead atoms. The van der Waals surface area contributed by atoms with E-state index in [0.29, 0.717) is 15.4 Å². The van der Waals surface area contributed by atoms with E-state index < -0.39 is 20.0 Å². The zero-order valence-electron chi connectivity index (χ0n) is 18.5. The lowest BCUT2D eigenvalue weighted by atomic mass is 10.0. The van der Waals surface area contributed by atoms with Gasteiger partial charge in [0.25, 0.3) is 0 Å². The number of aryl methyl sites for hydroxylation is 4. The van der Waals surface area contributed by atoms with Crippen molar-refractivity contribution in [3.05, 3.63) is 57.6 Å². The van der Waals surface area contributed by atoms with Gasteiger partial charge in [-0.3, -0.25) is 0 Å². The number of piperazine rings is 1. The lowest BCUT2D eigenvalue weighted by Gasteiger charge is -2.34. The maximum absolute atomic E-state index is 13.4. The summed E-state index contributed by atoms with van der Waals surface area (Å²) in [5, 5.41) is 0. The Morgan fingerprint density at radius 3 is 1.60 bits per heavy atom. The second-order valence-corrected chi connectivity index (χ2v) is 11.9. The molecule has 0 N–H and O–H groups in total. The Balaban J connectivity index is 1.88. The molecule has 0 atom stereocenters. The van der Waals surface area contributed by atoms with E-state index in [2.05, 4.69) is 0 Å². The zero-order chi connectivity index (χ0) is 22.4. The molecule has 3 rings (SSSR count). The molecule has 1 fully saturated rings. The highest BCUT2D eigenvalue weighted by atomic mass is 32.2. The molecule has 1 saturated heterocycles. The number of hydrogen-bond donors (Lipinski definition) is 0. The normalized spacial score (nSPS) is 16.7. The van der Waals surface area contributed by atoms with E-state index in [0.717, 1.165) is 27.8 Å². The van der Waals surface area contributed by atoms with Gasteiger partial charge in [-0.15, -0.1) is 0 Å². The minimum Gasteiger partial charge on any atom is -0.207 e. The summed E-state index contributed by atoms with van der Waals surface area (Å²) in [4.78, 5) is 0.644. The van der Waals surface area contributed by atoms with Crippen LogP contribution in [0.3, 0.4) is 0 Å². The number of nitrogens with zero attached hydrogens (tertiary/aromatic N) is 2. The molecule has 30 heavy (non-hydrogen) atoms. The van der Waals surface area contributed by atoms with Gasteiger partial charge in [-0.25, -0.2) is 16.8 Å². The Kier molecular flexibility index (Phi) is 6.17. The highest BCUT2D eigenvalue weighted by Gasteiger charge is 2.36. The second kappa shape index (κ2) is 8.07. The molecule has 0 saturated carbocycles. The van der Waals surface area contributed by atoms with E-state index >= 15 is 0 Å². The summed E-state index contributed by atoms with van der Waals surface area (Å²) >= 11 is 0. The summed E-state index contributed by atoms with van der Waals surface area (Å²) in [7, 11) is -7.37. The molecule has 0 unspecified atom stereocenters. The monoisotopic (exact) mass is 450 g/mol. The SMILES string of the molecule is Cc1ccc(C)c(S(=O)(=O)N2CCN(S(=O)(=O)c3c(C)c(C)cc(C)c3C)CC2)c1. The standard InChI is InChI=1S/C22H30N2O4S2/c1-15-7-8-16(2)21(13-15)29(25,26)23-9-11-24(12-10-23)30(27,28)22-19(5)17(3)14-18(4)20(22)6/h7-8,13-14H,9-12H2,1-6H3. The van der Waals surface area contributed by atoms with Gasteiger partial charge in [-0.1, -0.05) is 18.2 Å². The summed E-state index contributed by atoms with van der Waals surface area (Å²) in [6, 6.07) is 7.36. The molecular weight excluding hydrogens is 420 g/mol. The van der Waals surface area contributed by atoms with Crippen molar-refractivity contribution in [3.8, 4) is 0 Å². The van der Waals surface area contributed by atoms with Crippen LogP contribution in [0.25, 0.3) is 0 Å². The topological polar surface area (TPSA) is 74.8 Å². The Morgan fingerprint density at radius 2 is 1.10 bits per heavy atom. The molecule has 8 heteroatoms. The van der Waals surface area contributed by atoms with E-state index in [-0.39, 0.29) is 26.2 Å². The fraction of sp³-hybridized carbons (Fsp3) is 0.455. The van der Waals surface area contributed by atoms with Crippen LogP contribution in [0.1, 0.15) is 33.4 Å². The van der Waals surface area contributed by atoms with Gasteiger partial charge >= 0.3 is 0 Å². The van der Waals surface area contributed by atoms with E-state index in [4.69, 9.17) is 0 Å². The van der Waals surface area contributed by atoms with Crippen LogP contribution in [-0.2, 0) is 20.0 Å². The van der Waals surface area contributed by atoms with Crippen molar-refractivity contribution >= 4 is 20.0 Å². The molecule has 0 aromatic heterocycles. The lowest BCUT2D eigenvalue weighted by molar-refractivity contribution is 0.272. The maximum Gasteiger partial charge on any atom is 0.243 e. The van der Waals surface area contributed by atoms with Crippen LogP contribution in [0.15, 0.2) is 34.1 Å². The summed E-state index contributed by atoms with van der Waals surface area (Å²) < 4.78 is 55.9. The van der Waals surface area contributed by atoms with Crippen molar-refractivity contribution in [1.82, 2.24) is 8.61 Å². The summed E-state index contributed by atoms with van der Waals surface area (Å²) in [5.41, 5.74) is 4.95. The Labute approximate surface area is 180 Å². The molecule has 1 aliphatic heterocycles. The van der Waals surface area contributed by atoms with Crippen molar-refractivity contribution < 1.29 is 16.8 Å². The van der Waals surface area contributed by atoms with Crippen LogP contribution in [-0.4, -0.2) is 51.6 Å². The summed E-state index contributed by atoms with van der Waals surface area (Å²) in [6.07, 6.45) is 0. The molecule has 1 heterocycles. The van der Waals surface area contributed by atoms with E-state index in [1.807, 2.05) is 46.8 Å². The average molecular weight is 451 g/mol. The first kappa shape index (κ1) is 22.9. The molecule has 1 aliphatic rings. The molecule has 0 spiro atoms. The van der Waals surface area contributed by atoms with Gasteiger partial charge in [0.2, 0.25) is 20.0 Å². The molecular formula is C22H30N2O4S2. The molecule has 0 aliphatic carbocycles. The average Bonchev–Trinajstić information content (AvgIpc) is 2.68. The Morgan fingerprint density at radius 1 is 0.633 bits per heavy atom. The molecule has 0 radical (unpaired) electrons. The second-order valence-electron chi connectivity index (χ2n) is 8.17. The number of rotatable bonds is 4. The number of hydrogen-bond acceptors (Lipinski definition) is 4.